The van der Waals surface area contributed by atoms with Crippen molar-refractivity contribution in [1.82, 2.24) is 9.97 Å². The van der Waals surface area contributed by atoms with E-state index in [0.29, 0.717) is 16.5 Å². The highest BCUT2D eigenvalue weighted by Crippen LogP contribution is 2.23. The molecule has 0 saturated heterocycles. The molecule has 0 aliphatic carbocycles. The van der Waals surface area contributed by atoms with Crippen LogP contribution in [0.4, 0.5) is 5.69 Å². The minimum atomic E-state index is -0.200. The second kappa shape index (κ2) is 3.74. The summed E-state index contributed by atoms with van der Waals surface area (Å²) in [4.78, 5) is 17.7. The number of halogens is 1. The summed E-state index contributed by atoms with van der Waals surface area (Å²) in [6, 6.07) is 6.43. The van der Waals surface area contributed by atoms with Crippen LogP contribution < -0.4 is 11.3 Å². The lowest BCUT2D eigenvalue weighted by Crippen LogP contribution is -2.05. The number of anilines is 1. The zero-order chi connectivity index (χ0) is 10.8. The van der Waals surface area contributed by atoms with Gasteiger partial charge in [0.25, 0.3) is 5.56 Å². The fraction of sp³-hybridized carbons (Fsp3) is 0. The first-order valence-electron chi connectivity index (χ1n) is 4.27. The lowest BCUT2D eigenvalue weighted by molar-refractivity contribution is 1.13. The molecule has 4 nitrogen and oxygen atoms in total. The van der Waals surface area contributed by atoms with Gasteiger partial charge in [0, 0.05) is 17.8 Å². The summed E-state index contributed by atoms with van der Waals surface area (Å²) in [5.41, 5.74) is 6.63. The average Bonchev–Trinajstić information content (AvgIpc) is 2.22. The van der Waals surface area contributed by atoms with Crippen LogP contribution in [-0.2, 0) is 0 Å². The number of nitrogens with two attached hydrogens (primary N) is 1. The summed E-state index contributed by atoms with van der Waals surface area (Å²) in [6.07, 6.45) is 1.44. The largest absolute Gasteiger partial charge is 0.398 e. The number of benzene rings is 1. The lowest BCUT2D eigenvalue weighted by atomic mass is 10.2. The third-order valence-corrected chi connectivity index (χ3v) is 2.28. The highest BCUT2D eigenvalue weighted by molar-refractivity contribution is 6.33. The summed E-state index contributed by atoms with van der Waals surface area (Å²) in [7, 11) is 0. The second-order valence-electron chi connectivity index (χ2n) is 3.02. The molecule has 1 aromatic heterocycles. The van der Waals surface area contributed by atoms with Crippen LogP contribution in [0.15, 0.2) is 35.3 Å². The van der Waals surface area contributed by atoms with E-state index >= 15 is 0 Å². The van der Waals surface area contributed by atoms with E-state index in [1.165, 1.54) is 12.3 Å². The first-order chi connectivity index (χ1) is 7.16. The molecule has 0 aliphatic heterocycles. The van der Waals surface area contributed by atoms with Crippen molar-refractivity contribution >= 4 is 17.3 Å². The van der Waals surface area contributed by atoms with Gasteiger partial charge < -0.3 is 10.7 Å². The molecule has 0 bridgehead atoms. The number of H-pyrrole nitrogens is 1. The fourth-order valence-corrected chi connectivity index (χ4v) is 1.33. The van der Waals surface area contributed by atoms with Gasteiger partial charge in [-0.05, 0) is 18.2 Å². The van der Waals surface area contributed by atoms with Gasteiger partial charge in [0.2, 0.25) is 0 Å². The minimum absolute atomic E-state index is 0.200. The maximum atomic E-state index is 11.1. The number of hydrogen-bond acceptors (Lipinski definition) is 3. The van der Waals surface area contributed by atoms with Crippen LogP contribution in [0.25, 0.3) is 11.4 Å². The first-order valence-corrected chi connectivity index (χ1v) is 4.65. The van der Waals surface area contributed by atoms with Crippen molar-refractivity contribution in [3.8, 4) is 11.4 Å². The molecule has 2 aromatic rings. The zero-order valence-corrected chi connectivity index (χ0v) is 8.45. The fourth-order valence-electron chi connectivity index (χ4n) is 1.21. The molecule has 3 N–H and O–H groups in total. The van der Waals surface area contributed by atoms with Gasteiger partial charge in [0.15, 0.2) is 0 Å². The van der Waals surface area contributed by atoms with Crippen molar-refractivity contribution in [2.45, 2.75) is 0 Å². The highest BCUT2D eigenvalue weighted by Gasteiger charge is 2.02. The van der Waals surface area contributed by atoms with Crippen LogP contribution >= 0.6 is 11.6 Å². The lowest BCUT2D eigenvalue weighted by Gasteiger charge is -2.02. The summed E-state index contributed by atoms with van der Waals surface area (Å²) in [6.45, 7) is 0. The minimum Gasteiger partial charge on any atom is -0.398 e. The number of rotatable bonds is 1. The maximum absolute atomic E-state index is 11.1. The van der Waals surface area contributed by atoms with Crippen molar-refractivity contribution in [1.29, 1.82) is 0 Å². The summed E-state index contributed by atoms with van der Waals surface area (Å²) < 4.78 is 0. The van der Waals surface area contributed by atoms with Crippen LogP contribution in [0.3, 0.4) is 0 Å². The molecular formula is C10H8ClN3O. The molecule has 0 fully saturated rings. The number of nitrogen functional groups attached to an aromatic ring is 1. The Bertz CT molecular complexity index is 550. The Hall–Kier alpha value is -1.81. The molecule has 1 aromatic carbocycles. The van der Waals surface area contributed by atoms with E-state index in [4.69, 9.17) is 17.3 Å². The molecule has 0 atom stereocenters. The Morgan fingerprint density at radius 3 is 2.80 bits per heavy atom. The van der Waals surface area contributed by atoms with Gasteiger partial charge >= 0.3 is 0 Å². The average molecular weight is 222 g/mol. The first kappa shape index (κ1) is 9.73. The van der Waals surface area contributed by atoms with E-state index in [0.717, 1.165) is 5.56 Å². The maximum Gasteiger partial charge on any atom is 0.251 e. The van der Waals surface area contributed by atoms with Crippen molar-refractivity contribution in [2.75, 3.05) is 5.73 Å². The van der Waals surface area contributed by atoms with Gasteiger partial charge in [-0.25, -0.2) is 4.98 Å². The normalized spacial score (nSPS) is 10.2. The molecule has 1 heterocycles. The molecule has 15 heavy (non-hydrogen) atoms. The zero-order valence-electron chi connectivity index (χ0n) is 7.70. The van der Waals surface area contributed by atoms with Crippen LogP contribution in [-0.4, -0.2) is 9.97 Å². The predicted octanol–water partition coefficient (Wildman–Crippen LogP) is 1.67. The molecule has 0 saturated carbocycles. The Balaban J connectivity index is 2.55. The van der Waals surface area contributed by atoms with E-state index in [1.807, 2.05) is 0 Å². The number of aromatic amines is 1. The van der Waals surface area contributed by atoms with Crippen molar-refractivity contribution in [3.63, 3.8) is 0 Å². The highest BCUT2D eigenvalue weighted by atomic mass is 35.5. The number of nitrogens with one attached hydrogen (secondary N) is 1. The number of nitrogens with zero attached hydrogens (tertiary/aromatic N) is 1. The quantitative estimate of drug-likeness (QED) is 0.720. The standard InChI is InChI=1S/C10H8ClN3O/c11-7-2-1-6(5-8(7)12)10-13-4-3-9(15)14-10/h1-5H,12H2,(H,13,14,15). The predicted molar refractivity (Wildman–Crippen MR) is 59.7 cm³/mol. The van der Waals surface area contributed by atoms with E-state index in [-0.39, 0.29) is 5.56 Å². The summed E-state index contributed by atoms with van der Waals surface area (Å²) in [5.74, 6) is 0.478. The van der Waals surface area contributed by atoms with Crippen molar-refractivity contribution in [3.05, 3.63) is 45.8 Å². The van der Waals surface area contributed by atoms with Gasteiger partial charge in [0.05, 0.1) is 10.7 Å². The van der Waals surface area contributed by atoms with E-state index in [9.17, 15) is 4.79 Å². The topological polar surface area (TPSA) is 71.8 Å². The molecule has 0 aliphatic rings. The second-order valence-corrected chi connectivity index (χ2v) is 3.43. The summed E-state index contributed by atoms with van der Waals surface area (Å²) >= 11 is 5.78. The van der Waals surface area contributed by atoms with Crippen LogP contribution in [0.5, 0.6) is 0 Å². The number of aromatic nitrogens is 2. The molecule has 76 valence electrons. The van der Waals surface area contributed by atoms with Gasteiger partial charge in [-0.15, -0.1) is 0 Å². The molecule has 0 spiro atoms. The Kier molecular flexibility index (Phi) is 2.43. The smallest absolute Gasteiger partial charge is 0.251 e. The molecule has 0 radical (unpaired) electrons. The molecule has 2 rings (SSSR count). The van der Waals surface area contributed by atoms with Crippen LogP contribution in [0.2, 0.25) is 5.02 Å². The van der Waals surface area contributed by atoms with Crippen LogP contribution in [0.1, 0.15) is 0 Å². The molecular weight excluding hydrogens is 214 g/mol. The van der Waals surface area contributed by atoms with Gasteiger partial charge in [0.1, 0.15) is 5.82 Å². The van der Waals surface area contributed by atoms with Gasteiger partial charge in [-0.1, -0.05) is 11.6 Å². The van der Waals surface area contributed by atoms with Crippen molar-refractivity contribution in [2.24, 2.45) is 0 Å². The Morgan fingerprint density at radius 1 is 1.33 bits per heavy atom. The van der Waals surface area contributed by atoms with Crippen LogP contribution in [0, 0.1) is 0 Å². The van der Waals surface area contributed by atoms with E-state index in [2.05, 4.69) is 9.97 Å². The number of hydrogen-bond donors (Lipinski definition) is 2. The van der Waals surface area contributed by atoms with E-state index < -0.39 is 0 Å². The SMILES string of the molecule is Nc1cc(-c2nccc(=O)[nH]2)ccc1Cl. The summed E-state index contributed by atoms with van der Waals surface area (Å²) in [5, 5.41) is 0.483. The molecule has 0 unspecified atom stereocenters. The molecule has 0 amide bonds. The monoisotopic (exact) mass is 221 g/mol. The third kappa shape index (κ3) is 1.99. The Morgan fingerprint density at radius 2 is 2.13 bits per heavy atom. The third-order valence-electron chi connectivity index (χ3n) is 1.94. The Labute approximate surface area is 90.7 Å². The van der Waals surface area contributed by atoms with E-state index in [1.54, 1.807) is 18.2 Å². The van der Waals surface area contributed by atoms with Crippen molar-refractivity contribution < 1.29 is 0 Å². The molecule has 5 heteroatoms. The van der Waals surface area contributed by atoms with Gasteiger partial charge in [-0.3, -0.25) is 4.79 Å². The van der Waals surface area contributed by atoms with Gasteiger partial charge in [-0.2, -0.15) is 0 Å².